The monoisotopic (exact) mass is 286 g/mol. The average molecular weight is 286 g/mol. The number of carbonyl (C=O) groups excluding carboxylic acids is 1. The van der Waals surface area contributed by atoms with Crippen molar-refractivity contribution in [1.29, 1.82) is 0 Å². The largest absolute Gasteiger partial charge is 0.481 e. The lowest BCUT2D eigenvalue weighted by Gasteiger charge is -2.15. The van der Waals surface area contributed by atoms with Crippen molar-refractivity contribution < 1.29 is 19.1 Å². The molecule has 0 aliphatic carbocycles. The van der Waals surface area contributed by atoms with E-state index in [2.05, 4.69) is 4.98 Å². The zero-order valence-electron chi connectivity index (χ0n) is 11.2. The number of aliphatic carboxylic acids is 1. The summed E-state index contributed by atoms with van der Waals surface area (Å²) in [6, 6.07) is 7.01. The summed E-state index contributed by atoms with van der Waals surface area (Å²) in [7, 11) is 0. The Morgan fingerprint density at radius 3 is 2.62 bits per heavy atom. The van der Waals surface area contributed by atoms with Gasteiger partial charge in [-0.2, -0.15) is 0 Å². The number of carboxylic acids is 1. The van der Waals surface area contributed by atoms with Crippen LogP contribution in [0, 0.1) is 5.92 Å². The van der Waals surface area contributed by atoms with E-state index in [1.54, 1.807) is 35.4 Å². The van der Waals surface area contributed by atoms with E-state index in [1.807, 2.05) is 0 Å². The van der Waals surface area contributed by atoms with Crippen molar-refractivity contribution >= 4 is 11.9 Å². The van der Waals surface area contributed by atoms with E-state index < -0.39 is 11.9 Å². The number of carbonyl (C=O) groups is 2. The number of hydrogen-bond donors (Lipinski definition) is 1. The maximum Gasteiger partial charge on any atom is 0.308 e. The molecule has 1 fully saturated rings. The van der Waals surface area contributed by atoms with Crippen LogP contribution in [0.3, 0.4) is 0 Å². The first kappa shape index (κ1) is 13.4. The molecule has 0 bridgehead atoms. The van der Waals surface area contributed by atoms with Gasteiger partial charge in [-0.15, -0.1) is 0 Å². The van der Waals surface area contributed by atoms with Gasteiger partial charge in [0.15, 0.2) is 12.2 Å². The quantitative estimate of drug-likeness (QED) is 0.931. The lowest BCUT2D eigenvalue weighted by Crippen LogP contribution is -2.29. The smallest absolute Gasteiger partial charge is 0.308 e. The van der Waals surface area contributed by atoms with Crippen LogP contribution in [0.25, 0.3) is 11.3 Å². The predicted octanol–water partition coefficient (Wildman–Crippen LogP) is 1.89. The summed E-state index contributed by atoms with van der Waals surface area (Å²) in [6.07, 6.45) is 3.47. The van der Waals surface area contributed by atoms with Gasteiger partial charge in [0.2, 0.25) is 0 Å². The van der Waals surface area contributed by atoms with Crippen molar-refractivity contribution in [2.45, 2.75) is 6.42 Å². The fraction of sp³-hybridized carbons (Fsp3) is 0.267. The third-order valence-electron chi connectivity index (χ3n) is 3.67. The third-order valence-corrected chi connectivity index (χ3v) is 3.67. The molecule has 1 N–H and O–H groups in total. The lowest BCUT2D eigenvalue weighted by molar-refractivity contribution is -0.141. The zero-order chi connectivity index (χ0) is 14.8. The molecule has 3 rings (SSSR count). The topological polar surface area (TPSA) is 83.6 Å². The van der Waals surface area contributed by atoms with Gasteiger partial charge in [0, 0.05) is 24.2 Å². The van der Waals surface area contributed by atoms with Crippen LogP contribution in [-0.4, -0.2) is 40.0 Å². The Labute approximate surface area is 121 Å². The van der Waals surface area contributed by atoms with E-state index in [4.69, 9.17) is 9.52 Å². The van der Waals surface area contributed by atoms with Gasteiger partial charge in [-0.05, 0) is 18.6 Å². The molecular weight excluding hydrogens is 272 g/mol. The van der Waals surface area contributed by atoms with E-state index in [1.165, 1.54) is 6.39 Å². The Kier molecular flexibility index (Phi) is 3.43. The number of benzene rings is 1. The maximum atomic E-state index is 12.3. The molecule has 1 aromatic carbocycles. The minimum Gasteiger partial charge on any atom is -0.481 e. The molecule has 2 aromatic rings. The highest BCUT2D eigenvalue weighted by atomic mass is 16.4. The van der Waals surface area contributed by atoms with Crippen molar-refractivity contribution in [2.24, 2.45) is 5.92 Å². The molecule has 1 saturated heterocycles. The van der Waals surface area contributed by atoms with Crippen molar-refractivity contribution in [3.05, 3.63) is 42.4 Å². The predicted molar refractivity (Wildman–Crippen MR) is 73.6 cm³/mol. The summed E-state index contributed by atoms with van der Waals surface area (Å²) in [4.78, 5) is 28.7. The first-order valence-electron chi connectivity index (χ1n) is 6.66. The van der Waals surface area contributed by atoms with Crippen molar-refractivity contribution in [3.63, 3.8) is 0 Å². The molecule has 1 aliphatic rings. The molecule has 0 spiro atoms. The fourth-order valence-electron chi connectivity index (χ4n) is 2.46. The second-order valence-electron chi connectivity index (χ2n) is 5.02. The Morgan fingerprint density at radius 1 is 1.29 bits per heavy atom. The SMILES string of the molecule is O=C(O)C1CCN(C(=O)c2ccc(-c3cnco3)cc2)C1. The molecule has 0 saturated carbocycles. The van der Waals surface area contributed by atoms with Crippen LogP contribution in [0.15, 0.2) is 41.3 Å². The fourth-order valence-corrected chi connectivity index (χ4v) is 2.46. The van der Waals surface area contributed by atoms with Crippen molar-refractivity contribution in [1.82, 2.24) is 9.88 Å². The van der Waals surface area contributed by atoms with Gasteiger partial charge in [-0.3, -0.25) is 9.59 Å². The van der Waals surface area contributed by atoms with Crippen LogP contribution in [0.4, 0.5) is 0 Å². The first-order valence-corrected chi connectivity index (χ1v) is 6.66. The molecule has 0 radical (unpaired) electrons. The molecule has 6 nitrogen and oxygen atoms in total. The van der Waals surface area contributed by atoms with E-state index in [0.29, 0.717) is 24.3 Å². The van der Waals surface area contributed by atoms with Gasteiger partial charge in [-0.25, -0.2) is 4.98 Å². The maximum absolute atomic E-state index is 12.3. The zero-order valence-corrected chi connectivity index (χ0v) is 11.2. The second-order valence-corrected chi connectivity index (χ2v) is 5.02. The van der Waals surface area contributed by atoms with Crippen molar-refractivity contribution in [3.8, 4) is 11.3 Å². The Bertz CT molecular complexity index is 649. The van der Waals surface area contributed by atoms with Gasteiger partial charge in [-0.1, -0.05) is 12.1 Å². The average Bonchev–Trinajstić information content (AvgIpc) is 3.18. The summed E-state index contributed by atoms with van der Waals surface area (Å²) in [6.45, 7) is 0.762. The minimum absolute atomic E-state index is 0.136. The molecule has 2 heterocycles. The van der Waals surface area contributed by atoms with Gasteiger partial charge in [0.1, 0.15) is 0 Å². The molecule has 1 aliphatic heterocycles. The normalized spacial score (nSPS) is 17.9. The minimum atomic E-state index is -0.842. The van der Waals surface area contributed by atoms with Crippen LogP contribution >= 0.6 is 0 Å². The molecule has 1 atom stereocenters. The summed E-state index contributed by atoms with van der Waals surface area (Å²) in [5.41, 5.74) is 1.39. The highest BCUT2D eigenvalue weighted by molar-refractivity contribution is 5.95. The van der Waals surface area contributed by atoms with Gasteiger partial charge in [0.25, 0.3) is 5.91 Å². The number of amides is 1. The highest BCUT2D eigenvalue weighted by Crippen LogP contribution is 2.22. The van der Waals surface area contributed by atoms with Crippen molar-refractivity contribution in [2.75, 3.05) is 13.1 Å². The number of aromatic nitrogens is 1. The van der Waals surface area contributed by atoms with Crippen LogP contribution < -0.4 is 0 Å². The summed E-state index contributed by atoms with van der Waals surface area (Å²) < 4.78 is 5.19. The Hall–Kier alpha value is -2.63. The third kappa shape index (κ3) is 2.65. The summed E-state index contributed by atoms with van der Waals surface area (Å²) in [5, 5.41) is 8.97. The molecule has 6 heteroatoms. The van der Waals surface area contributed by atoms with E-state index in [9.17, 15) is 9.59 Å². The van der Waals surface area contributed by atoms with E-state index in [-0.39, 0.29) is 12.5 Å². The number of carboxylic acid groups (broad SMARTS) is 1. The highest BCUT2D eigenvalue weighted by Gasteiger charge is 2.31. The van der Waals surface area contributed by atoms with Crippen LogP contribution in [0.5, 0.6) is 0 Å². The number of hydrogen-bond acceptors (Lipinski definition) is 4. The van der Waals surface area contributed by atoms with Gasteiger partial charge >= 0.3 is 5.97 Å². The molecule has 108 valence electrons. The van der Waals surface area contributed by atoms with E-state index in [0.717, 1.165) is 5.56 Å². The number of oxazole rings is 1. The van der Waals surface area contributed by atoms with Gasteiger partial charge in [0.05, 0.1) is 12.1 Å². The lowest BCUT2D eigenvalue weighted by atomic mass is 10.1. The number of rotatable bonds is 3. The first-order chi connectivity index (χ1) is 10.1. The molecular formula is C15H14N2O4. The molecule has 21 heavy (non-hydrogen) atoms. The Morgan fingerprint density at radius 2 is 2.05 bits per heavy atom. The number of likely N-dealkylation sites (tertiary alicyclic amines) is 1. The van der Waals surface area contributed by atoms with Crippen LogP contribution in [-0.2, 0) is 4.79 Å². The number of nitrogens with zero attached hydrogens (tertiary/aromatic N) is 2. The van der Waals surface area contributed by atoms with Crippen LogP contribution in [0.2, 0.25) is 0 Å². The second kappa shape index (κ2) is 5.40. The Balaban J connectivity index is 1.72. The summed E-state index contributed by atoms with van der Waals surface area (Å²) in [5.74, 6) is -0.794. The van der Waals surface area contributed by atoms with Gasteiger partial charge < -0.3 is 14.4 Å². The molecule has 1 unspecified atom stereocenters. The summed E-state index contributed by atoms with van der Waals surface area (Å²) >= 11 is 0. The molecule has 1 aromatic heterocycles. The van der Waals surface area contributed by atoms with E-state index >= 15 is 0 Å². The van der Waals surface area contributed by atoms with Crippen LogP contribution in [0.1, 0.15) is 16.8 Å². The standard InChI is InChI=1S/C15H14N2O4/c18-14(17-6-5-12(8-17)15(19)20)11-3-1-10(2-4-11)13-7-16-9-21-13/h1-4,7,9,12H,5-6,8H2,(H,19,20). The molecule has 1 amide bonds.